The number of carbonyl (C=O) groups is 1. The van der Waals surface area contributed by atoms with Gasteiger partial charge in [0, 0.05) is 13.0 Å². The molecular weight excluding hydrogens is 556 g/mol. The van der Waals surface area contributed by atoms with Crippen LogP contribution in [0.3, 0.4) is 0 Å². The SMILES string of the molecule is CC/C=C\C/C=C\C/C=C\C/C=C\C/C=C\C/C=C\CCC(=O)OC(CO)COCCCCCC/C=C\C/C=C\C/C=C\CC. The van der Waals surface area contributed by atoms with Gasteiger partial charge in [-0.3, -0.25) is 4.79 Å². The fraction of sp³-hybridized carbons (Fsp3) is 0.537. The standard InChI is InChI=1S/C41H64O4/c1-3-5-7-9-11-13-15-17-19-20-21-22-23-24-26-28-30-32-34-36-41(43)45-40(38-42)39-44-37-35-33-31-29-27-25-18-16-14-12-10-8-6-4-2/h5-8,11-14,17-19,21-22,24-26,30,32,40,42H,3-4,9-10,15-16,20,23,27-29,31,33-39H2,1-2H3/b7-5-,8-6-,13-11-,14-12-,19-17-,22-21-,25-18-,26-24-,32-30-. The molecule has 0 radical (unpaired) electrons. The van der Waals surface area contributed by atoms with Crippen molar-refractivity contribution in [3.05, 3.63) is 109 Å². The molecule has 0 saturated carbocycles. The van der Waals surface area contributed by atoms with E-state index in [-0.39, 0.29) is 19.2 Å². The smallest absolute Gasteiger partial charge is 0.306 e. The first-order valence-electron chi connectivity index (χ1n) is 17.5. The molecule has 0 aliphatic rings. The van der Waals surface area contributed by atoms with Crippen molar-refractivity contribution in [1.29, 1.82) is 0 Å². The molecule has 0 aromatic carbocycles. The van der Waals surface area contributed by atoms with Crippen LogP contribution in [-0.4, -0.2) is 37.0 Å². The third kappa shape index (κ3) is 35.4. The Morgan fingerprint density at radius 1 is 0.533 bits per heavy atom. The lowest BCUT2D eigenvalue weighted by molar-refractivity contribution is -0.154. The largest absolute Gasteiger partial charge is 0.457 e. The highest BCUT2D eigenvalue weighted by Gasteiger charge is 2.13. The highest BCUT2D eigenvalue weighted by molar-refractivity contribution is 5.69. The monoisotopic (exact) mass is 620 g/mol. The van der Waals surface area contributed by atoms with Crippen LogP contribution in [0.25, 0.3) is 0 Å². The Morgan fingerprint density at radius 2 is 0.933 bits per heavy atom. The zero-order valence-corrected chi connectivity index (χ0v) is 28.6. The van der Waals surface area contributed by atoms with Gasteiger partial charge in [-0.15, -0.1) is 0 Å². The molecular formula is C41H64O4. The van der Waals surface area contributed by atoms with E-state index in [1.807, 2.05) is 6.08 Å². The van der Waals surface area contributed by atoms with Crippen LogP contribution >= 0.6 is 0 Å². The molecule has 1 N–H and O–H groups in total. The first-order chi connectivity index (χ1) is 22.2. The normalized spacial score (nSPS) is 13.8. The predicted molar refractivity (Wildman–Crippen MR) is 195 cm³/mol. The van der Waals surface area contributed by atoms with E-state index in [2.05, 4.69) is 117 Å². The molecule has 45 heavy (non-hydrogen) atoms. The fourth-order valence-electron chi connectivity index (χ4n) is 4.07. The molecule has 0 aliphatic heterocycles. The molecule has 0 spiro atoms. The van der Waals surface area contributed by atoms with Gasteiger partial charge < -0.3 is 14.6 Å². The van der Waals surface area contributed by atoms with E-state index in [1.165, 1.54) is 12.8 Å². The topological polar surface area (TPSA) is 55.8 Å². The Balaban J connectivity index is 3.70. The van der Waals surface area contributed by atoms with E-state index in [1.54, 1.807) is 0 Å². The molecule has 0 aliphatic carbocycles. The zero-order chi connectivity index (χ0) is 32.7. The average Bonchev–Trinajstić information content (AvgIpc) is 3.05. The van der Waals surface area contributed by atoms with Gasteiger partial charge in [0.15, 0.2) is 0 Å². The molecule has 0 bridgehead atoms. The van der Waals surface area contributed by atoms with Crippen LogP contribution in [-0.2, 0) is 14.3 Å². The van der Waals surface area contributed by atoms with Gasteiger partial charge in [-0.25, -0.2) is 0 Å². The number of esters is 1. The minimum Gasteiger partial charge on any atom is -0.457 e. The molecule has 0 aromatic rings. The number of aliphatic hydroxyl groups excluding tert-OH is 1. The van der Waals surface area contributed by atoms with E-state index < -0.39 is 6.10 Å². The van der Waals surface area contributed by atoms with Crippen molar-refractivity contribution in [2.24, 2.45) is 0 Å². The van der Waals surface area contributed by atoms with Gasteiger partial charge in [-0.05, 0) is 83.5 Å². The second-order valence-electron chi connectivity index (χ2n) is 10.8. The number of rotatable bonds is 30. The van der Waals surface area contributed by atoms with Crippen molar-refractivity contribution < 1.29 is 19.4 Å². The number of ether oxygens (including phenoxy) is 2. The number of allylic oxidation sites excluding steroid dienone is 18. The summed E-state index contributed by atoms with van der Waals surface area (Å²) in [5.41, 5.74) is 0. The molecule has 0 rings (SSSR count). The van der Waals surface area contributed by atoms with E-state index in [0.29, 0.717) is 19.4 Å². The number of aliphatic hydroxyl groups is 1. The van der Waals surface area contributed by atoms with E-state index in [0.717, 1.165) is 77.0 Å². The maximum Gasteiger partial charge on any atom is 0.306 e. The zero-order valence-electron chi connectivity index (χ0n) is 28.6. The van der Waals surface area contributed by atoms with Gasteiger partial charge in [0.1, 0.15) is 6.10 Å². The molecule has 4 heteroatoms. The Kier molecular flexibility index (Phi) is 34.8. The van der Waals surface area contributed by atoms with E-state index in [9.17, 15) is 9.90 Å². The highest BCUT2D eigenvalue weighted by Crippen LogP contribution is 2.06. The number of hydrogen-bond donors (Lipinski definition) is 1. The van der Waals surface area contributed by atoms with Crippen molar-refractivity contribution in [1.82, 2.24) is 0 Å². The van der Waals surface area contributed by atoms with Gasteiger partial charge >= 0.3 is 5.97 Å². The molecule has 0 aromatic heterocycles. The molecule has 0 heterocycles. The molecule has 0 saturated heterocycles. The van der Waals surface area contributed by atoms with Crippen LogP contribution < -0.4 is 0 Å². The van der Waals surface area contributed by atoms with Crippen LogP contribution in [0.15, 0.2) is 109 Å². The lowest BCUT2D eigenvalue weighted by atomic mass is 10.1. The maximum atomic E-state index is 12.1. The second-order valence-corrected chi connectivity index (χ2v) is 10.8. The summed E-state index contributed by atoms with van der Waals surface area (Å²) in [4.78, 5) is 12.1. The third-order valence-electron chi connectivity index (χ3n) is 6.61. The summed E-state index contributed by atoms with van der Waals surface area (Å²) in [6.07, 6.45) is 54.2. The van der Waals surface area contributed by atoms with Crippen molar-refractivity contribution in [3.63, 3.8) is 0 Å². The van der Waals surface area contributed by atoms with Crippen molar-refractivity contribution >= 4 is 5.97 Å². The van der Waals surface area contributed by atoms with Gasteiger partial charge in [-0.2, -0.15) is 0 Å². The Morgan fingerprint density at radius 3 is 1.38 bits per heavy atom. The summed E-state index contributed by atoms with van der Waals surface area (Å²) in [5.74, 6) is -0.297. The summed E-state index contributed by atoms with van der Waals surface area (Å²) >= 11 is 0. The van der Waals surface area contributed by atoms with Crippen LogP contribution in [0, 0.1) is 0 Å². The van der Waals surface area contributed by atoms with Gasteiger partial charge in [-0.1, -0.05) is 136 Å². The Bertz CT molecular complexity index is 914. The first-order valence-corrected chi connectivity index (χ1v) is 17.5. The van der Waals surface area contributed by atoms with E-state index in [4.69, 9.17) is 9.47 Å². The fourth-order valence-corrected chi connectivity index (χ4v) is 4.07. The molecule has 1 atom stereocenters. The quantitative estimate of drug-likeness (QED) is 0.0493. The molecule has 0 fully saturated rings. The lowest BCUT2D eigenvalue weighted by Crippen LogP contribution is -2.27. The molecule has 0 amide bonds. The first kappa shape index (κ1) is 42.0. The number of carbonyl (C=O) groups excluding carboxylic acids is 1. The average molecular weight is 621 g/mol. The van der Waals surface area contributed by atoms with Crippen molar-refractivity contribution in [2.45, 2.75) is 123 Å². The van der Waals surface area contributed by atoms with Crippen LogP contribution in [0.1, 0.15) is 117 Å². The van der Waals surface area contributed by atoms with Crippen LogP contribution in [0.4, 0.5) is 0 Å². The molecule has 252 valence electrons. The summed E-state index contributed by atoms with van der Waals surface area (Å²) in [5, 5.41) is 9.53. The third-order valence-corrected chi connectivity index (χ3v) is 6.61. The minimum atomic E-state index is -0.593. The van der Waals surface area contributed by atoms with Crippen LogP contribution in [0.2, 0.25) is 0 Å². The van der Waals surface area contributed by atoms with Gasteiger partial charge in [0.05, 0.1) is 13.2 Å². The molecule has 4 nitrogen and oxygen atoms in total. The van der Waals surface area contributed by atoms with Crippen molar-refractivity contribution in [3.8, 4) is 0 Å². The summed E-state index contributed by atoms with van der Waals surface area (Å²) in [6, 6.07) is 0. The number of hydrogen-bond acceptors (Lipinski definition) is 4. The van der Waals surface area contributed by atoms with Gasteiger partial charge in [0.25, 0.3) is 0 Å². The maximum absolute atomic E-state index is 12.1. The summed E-state index contributed by atoms with van der Waals surface area (Å²) in [7, 11) is 0. The second kappa shape index (κ2) is 37.2. The van der Waals surface area contributed by atoms with E-state index >= 15 is 0 Å². The highest BCUT2D eigenvalue weighted by atomic mass is 16.6. The minimum absolute atomic E-state index is 0.220. The molecule has 1 unspecified atom stereocenters. The van der Waals surface area contributed by atoms with Gasteiger partial charge in [0.2, 0.25) is 0 Å². The Labute approximate surface area is 276 Å². The summed E-state index contributed by atoms with van der Waals surface area (Å²) in [6.45, 7) is 4.95. The number of unbranched alkanes of at least 4 members (excludes halogenated alkanes) is 4. The predicted octanol–water partition coefficient (Wildman–Crippen LogP) is 11.2. The lowest BCUT2D eigenvalue weighted by Gasteiger charge is -2.15. The summed E-state index contributed by atoms with van der Waals surface area (Å²) < 4.78 is 11.0. The Hall–Kier alpha value is -2.95. The van der Waals surface area contributed by atoms with Crippen LogP contribution in [0.5, 0.6) is 0 Å². The van der Waals surface area contributed by atoms with Crippen molar-refractivity contribution in [2.75, 3.05) is 19.8 Å².